The van der Waals surface area contributed by atoms with Gasteiger partial charge in [0.2, 0.25) is 10.0 Å². The average Bonchev–Trinajstić information content (AvgIpc) is 3.22. The second kappa shape index (κ2) is 6.13. The van der Waals surface area contributed by atoms with Crippen LogP contribution < -0.4 is 0 Å². The Morgan fingerprint density at radius 3 is 2.65 bits per heavy atom. The van der Waals surface area contributed by atoms with Gasteiger partial charge in [-0.3, -0.25) is 0 Å². The molecule has 0 spiro atoms. The predicted octanol–water partition coefficient (Wildman–Crippen LogP) is 3.02. The van der Waals surface area contributed by atoms with Crippen molar-refractivity contribution in [2.75, 3.05) is 13.1 Å². The van der Waals surface area contributed by atoms with Crippen molar-refractivity contribution in [2.45, 2.75) is 31.1 Å². The molecule has 1 fully saturated rings. The van der Waals surface area contributed by atoms with Gasteiger partial charge in [-0.2, -0.15) is 9.57 Å². The predicted molar refractivity (Wildman–Crippen MR) is 77.9 cm³/mol. The monoisotopic (exact) mass is 312 g/mol. The fourth-order valence-corrected chi connectivity index (χ4v) is 3.97. The van der Waals surface area contributed by atoms with E-state index in [1.165, 1.54) is 22.5 Å². The molecule has 0 radical (unpaired) electrons. The summed E-state index contributed by atoms with van der Waals surface area (Å²) in [4.78, 5) is 0.163. The summed E-state index contributed by atoms with van der Waals surface area (Å²) in [6.45, 7) is 3.05. The summed E-state index contributed by atoms with van der Waals surface area (Å²) < 4.78 is 26.8. The van der Waals surface area contributed by atoms with Gasteiger partial charge in [0.15, 0.2) is 0 Å². The fraction of sp³-hybridized carbons (Fsp3) is 0.500. The largest absolute Gasteiger partial charge is 0.243 e. The lowest BCUT2D eigenvalue weighted by atomic mass is 10.2. The molecule has 1 saturated carbocycles. The third-order valence-corrected chi connectivity index (χ3v) is 5.50. The van der Waals surface area contributed by atoms with E-state index in [9.17, 15) is 8.42 Å². The van der Waals surface area contributed by atoms with E-state index in [-0.39, 0.29) is 15.5 Å². The molecule has 0 N–H and O–H groups in total. The lowest BCUT2D eigenvalue weighted by molar-refractivity contribution is 0.395. The highest BCUT2D eigenvalue weighted by molar-refractivity contribution is 7.89. The Balaban J connectivity index is 2.31. The molecule has 0 unspecified atom stereocenters. The molecule has 0 bridgehead atoms. The van der Waals surface area contributed by atoms with Gasteiger partial charge >= 0.3 is 0 Å². The molecule has 1 aromatic rings. The van der Waals surface area contributed by atoms with E-state index in [0.717, 1.165) is 19.3 Å². The van der Waals surface area contributed by atoms with Gasteiger partial charge in [0, 0.05) is 13.1 Å². The molecular weight excluding hydrogens is 296 g/mol. The minimum absolute atomic E-state index is 0.163. The zero-order chi connectivity index (χ0) is 14.8. The first-order chi connectivity index (χ1) is 9.48. The van der Waals surface area contributed by atoms with E-state index in [0.29, 0.717) is 19.0 Å². The maximum Gasteiger partial charge on any atom is 0.243 e. The van der Waals surface area contributed by atoms with Gasteiger partial charge < -0.3 is 0 Å². The Kier molecular flexibility index (Phi) is 4.69. The standard InChI is InChI=1S/C14H17ClN2O2S/c1-2-7-17(10-11-3-4-11)20(18,19)13-6-5-12(9-16)14(15)8-13/h5-6,8,11H,2-4,7,10H2,1H3. The van der Waals surface area contributed by atoms with Crippen LogP contribution in [-0.4, -0.2) is 25.8 Å². The molecule has 1 aliphatic carbocycles. The summed E-state index contributed by atoms with van der Waals surface area (Å²) in [5, 5.41) is 9.02. The first-order valence-electron chi connectivity index (χ1n) is 6.68. The highest BCUT2D eigenvalue weighted by atomic mass is 35.5. The Hall–Kier alpha value is -1.09. The van der Waals surface area contributed by atoms with Crippen LogP contribution in [0.15, 0.2) is 23.1 Å². The summed E-state index contributed by atoms with van der Waals surface area (Å²) in [5.74, 6) is 0.491. The number of rotatable bonds is 6. The number of hydrogen-bond acceptors (Lipinski definition) is 3. The first-order valence-corrected chi connectivity index (χ1v) is 8.50. The second-order valence-corrected chi connectivity index (χ2v) is 7.41. The third kappa shape index (κ3) is 3.32. The molecule has 0 atom stereocenters. The lowest BCUT2D eigenvalue weighted by Crippen LogP contribution is -2.33. The van der Waals surface area contributed by atoms with Crippen molar-refractivity contribution in [3.8, 4) is 6.07 Å². The normalized spacial score (nSPS) is 15.3. The maximum absolute atomic E-state index is 12.6. The van der Waals surface area contributed by atoms with Gasteiger partial charge in [-0.1, -0.05) is 18.5 Å². The summed E-state index contributed by atoms with van der Waals surface area (Å²) in [6, 6.07) is 6.20. The van der Waals surface area contributed by atoms with E-state index < -0.39 is 10.0 Å². The topological polar surface area (TPSA) is 61.2 Å². The second-order valence-electron chi connectivity index (χ2n) is 5.06. The maximum atomic E-state index is 12.6. The molecule has 0 heterocycles. The number of halogens is 1. The van der Waals surface area contributed by atoms with E-state index >= 15 is 0 Å². The molecule has 1 aliphatic rings. The van der Waals surface area contributed by atoms with E-state index in [1.807, 2.05) is 13.0 Å². The molecule has 0 aliphatic heterocycles. The molecule has 6 heteroatoms. The van der Waals surface area contributed by atoms with Crippen LogP contribution in [0.4, 0.5) is 0 Å². The zero-order valence-electron chi connectivity index (χ0n) is 11.3. The number of benzene rings is 1. The SMILES string of the molecule is CCCN(CC1CC1)S(=O)(=O)c1ccc(C#N)c(Cl)c1. The number of nitriles is 1. The molecular formula is C14H17ClN2O2S. The van der Waals surface area contributed by atoms with Crippen molar-refractivity contribution in [1.82, 2.24) is 4.31 Å². The molecule has 0 amide bonds. The van der Waals surface area contributed by atoms with Crippen LogP contribution in [0.3, 0.4) is 0 Å². The van der Waals surface area contributed by atoms with Crippen LogP contribution in [0, 0.1) is 17.2 Å². The van der Waals surface area contributed by atoms with Crippen LogP contribution in [-0.2, 0) is 10.0 Å². The summed E-state index contributed by atoms with van der Waals surface area (Å²) >= 11 is 5.93. The van der Waals surface area contributed by atoms with Gasteiger partial charge in [-0.25, -0.2) is 8.42 Å². The highest BCUT2D eigenvalue weighted by Crippen LogP contribution is 2.32. The molecule has 20 heavy (non-hydrogen) atoms. The van der Waals surface area contributed by atoms with E-state index in [4.69, 9.17) is 16.9 Å². The van der Waals surface area contributed by atoms with Crippen molar-refractivity contribution in [3.63, 3.8) is 0 Å². The third-order valence-electron chi connectivity index (χ3n) is 3.33. The van der Waals surface area contributed by atoms with Crippen molar-refractivity contribution in [2.24, 2.45) is 5.92 Å². The number of hydrogen-bond donors (Lipinski definition) is 0. The van der Waals surface area contributed by atoms with Crippen LogP contribution in [0.5, 0.6) is 0 Å². The Labute approximate surface area is 125 Å². The van der Waals surface area contributed by atoms with Crippen LogP contribution in [0.2, 0.25) is 5.02 Å². The lowest BCUT2D eigenvalue weighted by Gasteiger charge is -2.21. The van der Waals surface area contributed by atoms with E-state index in [1.54, 1.807) is 0 Å². The fourth-order valence-electron chi connectivity index (χ4n) is 2.04. The number of nitrogens with zero attached hydrogens (tertiary/aromatic N) is 2. The van der Waals surface area contributed by atoms with Gasteiger partial charge in [-0.05, 0) is 43.4 Å². The Bertz CT molecular complexity index is 633. The first kappa shape index (κ1) is 15.3. The molecule has 108 valence electrons. The van der Waals surface area contributed by atoms with Crippen LogP contribution in [0.1, 0.15) is 31.7 Å². The number of sulfonamides is 1. The molecule has 4 nitrogen and oxygen atoms in total. The van der Waals surface area contributed by atoms with Crippen molar-refractivity contribution < 1.29 is 8.42 Å². The smallest absolute Gasteiger partial charge is 0.207 e. The van der Waals surface area contributed by atoms with E-state index in [2.05, 4.69) is 0 Å². The summed E-state index contributed by atoms with van der Waals surface area (Å²) in [5.41, 5.74) is 0.287. The summed E-state index contributed by atoms with van der Waals surface area (Å²) in [7, 11) is -3.53. The minimum atomic E-state index is -3.53. The van der Waals surface area contributed by atoms with Crippen LogP contribution >= 0.6 is 11.6 Å². The van der Waals surface area contributed by atoms with Gasteiger partial charge in [0.25, 0.3) is 0 Å². The van der Waals surface area contributed by atoms with Crippen molar-refractivity contribution in [3.05, 3.63) is 28.8 Å². The Morgan fingerprint density at radius 2 is 2.15 bits per heavy atom. The van der Waals surface area contributed by atoms with Crippen molar-refractivity contribution >= 4 is 21.6 Å². The highest BCUT2D eigenvalue weighted by Gasteiger charge is 2.31. The van der Waals surface area contributed by atoms with Gasteiger partial charge in [-0.15, -0.1) is 0 Å². The van der Waals surface area contributed by atoms with Gasteiger partial charge in [0.05, 0.1) is 15.5 Å². The minimum Gasteiger partial charge on any atom is -0.207 e. The molecule has 1 aromatic carbocycles. The molecule has 0 saturated heterocycles. The van der Waals surface area contributed by atoms with Crippen molar-refractivity contribution in [1.29, 1.82) is 5.26 Å². The average molecular weight is 313 g/mol. The van der Waals surface area contributed by atoms with Gasteiger partial charge in [0.1, 0.15) is 6.07 Å². The zero-order valence-corrected chi connectivity index (χ0v) is 12.9. The molecule has 2 rings (SSSR count). The van der Waals surface area contributed by atoms with Crippen LogP contribution in [0.25, 0.3) is 0 Å². The quantitative estimate of drug-likeness (QED) is 0.811. The summed E-state index contributed by atoms with van der Waals surface area (Å²) in [6.07, 6.45) is 2.98. The molecule has 0 aromatic heterocycles. The Morgan fingerprint density at radius 1 is 1.45 bits per heavy atom.